The number of nitrogens with two attached hydrogens (primary N) is 1. The molecule has 0 amide bonds. The molecule has 21 heavy (non-hydrogen) atoms. The van der Waals surface area contributed by atoms with Gasteiger partial charge in [-0.15, -0.1) is 0 Å². The lowest BCUT2D eigenvalue weighted by atomic mass is 9.98. The molecule has 116 valence electrons. The van der Waals surface area contributed by atoms with Crippen molar-refractivity contribution in [2.75, 3.05) is 13.1 Å². The van der Waals surface area contributed by atoms with Gasteiger partial charge in [-0.25, -0.2) is 8.42 Å². The first-order valence-corrected chi connectivity index (χ1v) is 8.56. The Morgan fingerprint density at radius 2 is 2.19 bits per heavy atom. The van der Waals surface area contributed by atoms with E-state index in [1.807, 2.05) is 0 Å². The van der Waals surface area contributed by atoms with Gasteiger partial charge in [-0.3, -0.25) is 4.98 Å². The van der Waals surface area contributed by atoms with Crippen molar-refractivity contribution in [2.24, 2.45) is 5.73 Å². The summed E-state index contributed by atoms with van der Waals surface area (Å²) in [6, 6.07) is 3.00. The molecule has 0 aromatic carbocycles. The van der Waals surface area contributed by atoms with Gasteiger partial charge in [0.05, 0.1) is 5.60 Å². The summed E-state index contributed by atoms with van der Waals surface area (Å²) in [5.41, 5.74) is 4.85. The summed E-state index contributed by atoms with van der Waals surface area (Å²) >= 11 is 4.88. The second-order valence-electron chi connectivity index (χ2n) is 5.47. The van der Waals surface area contributed by atoms with Crippen molar-refractivity contribution in [1.82, 2.24) is 9.29 Å². The van der Waals surface area contributed by atoms with Crippen molar-refractivity contribution in [3.63, 3.8) is 0 Å². The zero-order valence-corrected chi connectivity index (χ0v) is 13.5. The van der Waals surface area contributed by atoms with Crippen LogP contribution in [0.2, 0.25) is 0 Å². The second kappa shape index (κ2) is 5.96. The maximum atomic E-state index is 12.8. The standard InChI is InChI=1S/C13H19N3O3S2/c1-13(17)5-3-8-16(9-6-13)21(18,19)10-4-2-7-15-11(10)12(14)20/h2,4,7,17H,3,5-6,8-9H2,1H3,(H2,14,20). The van der Waals surface area contributed by atoms with Crippen LogP contribution in [-0.4, -0.2) is 46.5 Å². The molecule has 2 heterocycles. The lowest BCUT2D eigenvalue weighted by Gasteiger charge is -2.22. The molecule has 1 atom stereocenters. The molecule has 0 saturated carbocycles. The number of aliphatic hydroxyl groups is 1. The maximum Gasteiger partial charge on any atom is 0.245 e. The van der Waals surface area contributed by atoms with Crippen LogP contribution in [0.3, 0.4) is 0 Å². The summed E-state index contributed by atoms with van der Waals surface area (Å²) in [6.07, 6.45) is 3.04. The largest absolute Gasteiger partial charge is 0.390 e. The number of nitrogens with zero attached hydrogens (tertiary/aromatic N) is 2. The fourth-order valence-electron chi connectivity index (χ4n) is 2.40. The molecule has 0 bridgehead atoms. The van der Waals surface area contributed by atoms with Crippen LogP contribution in [0.25, 0.3) is 0 Å². The van der Waals surface area contributed by atoms with Gasteiger partial charge < -0.3 is 10.8 Å². The van der Waals surface area contributed by atoms with Gasteiger partial charge in [0.2, 0.25) is 10.0 Å². The SMILES string of the molecule is CC1(O)CCCN(S(=O)(=O)c2cccnc2C(N)=S)CC1. The van der Waals surface area contributed by atoms with Crippen LogP contribution in [0.15, 0.2) is 23.2 Å². The fraction of sp³-hybridized carbons (Fsp3) is 0.538. The molecule has 1 unspecified atom stereocenters. The van der Waals surface area contributed by atoms with Gasteiger partial charge in [0, 0.05) is 19.3 Å². The summed E-state index contributed by atoms with van der Waals surface area (Å²) < 4.78 is 26.9. The van der Waals surface area contributed by atoms with Crippen molar-refractivity contribution in [3.05, 3.63) is 24.0 Å². The number of aromatic nitrogens is 1. The minimum Gasteiger partial charge on any atom is -0.390 e. The van der Waals surface area contributed by atoms with Gasteiger partial charge in [-0.1, -0.05) is 12.2 Å². The number of thiocarbonyl (C=S) groups is 1. The average molecular weight is 329 g/mol. The first kappa shape index (κ1) is 16.3. The quantitative estimate of drug-likeness (QED) is 0.790. The van der Waals surface area contributed by atoms with Crippen LogP contribution < -0.4 is 5.73 Å². The van der Waals surface area contributed by atoms with Gasteiger partial charge >= 0.3 is 0 Å². The molecular formula is C13H19N3O3S2. The molecule has 1 aliphatic rings. The third-order valence-corrected chi connectivity index (χ3v) is 5.77. The lowest BCUT2D eigenvalue weighted by Crippen LogP contribution is -2.35. The second-order valence-corrected chi connectivity index (χ2v) is 7.82. The molecule has 0 spiro atoms. The summed E-state index contributed by atoms with van der Waals surface area (Å²) in [6.45, 7) is 2.36. The predicted octanol–water partition coefficient (Wildman–Crippen LogP) is 0.641. The van der Waals surface area contributed by atoms with Gasteiger partial charge in [-0.05, 0) is 38.3 Å². The van der Waals surface area contributed by atoms with Crippen LogP contribution in [0.1, 0.15) is 31.9 Å². The Hall–Kier alpha value is -1.09. The Labute approximate surface area is 130 Å². The first-order chi connectivity index (χ1) is 9.74. The Balaban J connectivity index is 2.37. The van der Waals surface area contributed by atoms with E-state index in [4.69, 9.17) is 18.0 Å². The van der Waals surface area contributed by atoms with Crippen LogP contribution in [0.4, 0.5) is 0 Å². The summed E-state index contributed by atoms with van der Waals surface area (Å²) in [5, 5.41) is 10.1. The predicted molar refractivity (Wildman–Crippen MR) is 83.4 cm³/mol. The Morgan fingerprint density at radius 1 is 1.48 bits per heavy atom. The monoisotopic (exact) mass is 329 g/mol. The molecule has 2 rings (SSSR count). The van der Waals surface area contributed by atoms with Gasteiger partial charge in [0.25, 0.3) is 0 Å². The van der Waals surface area contributed by atoms with Gasteiger partial charge in [-0.2, -0.15) is 4.31 Å². The fourth-order valence-corrected chi connectivity index (χ4v) is 4.27. The van der Waals surface area contributed by atoms with E-state index in [1.165, 1.54) is 16.6 Å². The van der Waals surface area contributed by atoms with Crippen LogP contribution in [0, 0.1) is 0 Å². The van der Waals surface area contributed by atoms with Crippen molar-refractivity contribution >= 4 is 27.2 Å². The van der Waals surface area contributed by atoms with E-state index in [0.29, 0.717) is 25.8 Å². The summed E-state index contributed by atoms with van der Waals surface area (Å²) in [5.74, 6) is 0. The van der Waals surface area contributed by atoms with Crippen LogP contribution in [0.5, 0.6) is 0 Å². The third kappa shape index (κ3) is 3.57. The van der Waals surface area contributed by atoms with Crippen molar-refractivity contribution < 1.29 is 13.5 Å². The van der Waals surface area contributed by atoms with Gasteiger partial charge in [0.1, 0.15) is 15.6 Å². The van der Waals surface area contributed by atoms with E-state index in [-0.39, 0.29) is 22.1 Å². The van der Waals surface area contributed by atoms with Crippen molar-refractivity contribution in [3.8, 4) is 0 Å². The van der Waals surface area contributed by atoms with Crippen LogP contribution >= 0.6 is 12.2 Å². The maximum absolute atomic E-state index is 12.8. The van der Waals surface area contributed by atoms with E-state index in [1.54, 1.807) is 13.0 Å². The zero-order chi connectivity index (χ0) is 15.7. The molecule has 1 fully saturated rings. The number of pyridine rings is 1. The minimum absolute atomic E-state index is 0.0269. The number of sulfonamides is 1. The molecule has 3 N–H and O–H groups in total. The normalized spacial score (nSPS) is 24.5. The van der Waals surface area contributed by atoms with E-state index < -0.39 is 15.6 Å². The first-order valence-electron chi connectivity index (χ1n) is 6.71. The molecule has 1 aliphatic heterocycles. The smallest absolute Gasteiger partial charge is 0.245 e. The van der Waals surface area contributed by atoms with E-state index in [9.17, 15) is 13.5 Å². The molecule has 1 aromatic heterocycles. The average Bonchev–Trinajstić information content (AvgIpc) is 2.60. The van der Waals surface area contributed by atoms with Crippen LogP contribution in [-0.2, 0) is 10.0 Å². The molecule has 1 saturated heterocycles. The summed E-state index contributed by atoms with van der Waals surface area (Å²) in [4.78, 5) is 3.95. The molecule has 8 heteroatoms. The van der Waals surface area contributed by atoms with Gasteiger partial charge in [0.15, 0.2) is 0 Å². The molecule has 6 nitrogen and oxygen atoms in total. The molecule has 0 aliphatic carbocycles. The van der Waals surface area contributed by atoms with E-state index in [0.717, 1.165) is 0 Å². The summed E-state index contributed by atoms with van der Waals surface area (Å²) in [7, 11) is -3.72. The zero-order valence-electron chi connectivity index (χ0n) is 11.8. The number of hydrogen-bond acceptors (Lipinski definition) is 5. The van der Waals surface area contributed by atoms with E-state index in [2.05, 4.69) is 4.98 Å². The van der Waals surface area contributed by atoms with Crippen molar-refractivity contribution in [1.29, 1.82) is 0 Å². The third-order valence-electron chi connectivity index (χ3n) is 3.64. The molecule has 0 radical (unpaired) electrons. The molecule has 1 aromatic rings. The van der Waals surface area contributed by atoms with E-state index >= 15 is 0 Å². The highest BCUT2D eigenvalue weighted by molar-refractivity contribution is 7.89. The highest BCUT2D eigenvalue weighted by atomic mass is 32.2. The number of rotatable bonds is 3. The Bertz CT molecular complexity index is 644. The highest BCUT2D eigenvalue weighted by Gasteiger charge is 2.33. The number of hydrogen-bond donors (Lipinski definition) is 2. The minimum atomic E-state index is -3.72. The highest BCUT2D eigenvalue weighted by Crippen LogP contribution is 2.26. The molecular weight excluding hydrogens is 310 g/mol. The lowest BCUT2D eigenvalue weighted by molar-refractivity contribution is 0.0465. The topological polar surface area (TPSA) is 96.5 Å². The van der Waals surface area contributed by atoms with Crippen molar-refractivity contribution in [2.45, 2.75) is 36.7 Å². The Morgan fingerprint density at radius 3 is 2.86 bits per heavy atom. The Kier molecular flexibility index (Phi) is 4.62.